The molecule has 2 heteroatoms. The van der Waals surface area contributed by atoms with Gasteiger partial charge < -0.3 is 9.47 Å². The van der Waals surface area contributed by atoms with Gasteiger partial charge in [-0.2, -0.15) is 0 Å². The highest BCUT2D eigenvalue weighted by molar-refractivity contribution is 5.60. The highest BCUT2D eigenvalue weighted by atomic mass is 16.5. The Bertz CT molecular complexity index is 292. The third kappa shape index (κ3) is 2.33. The van der Waals surface area contributed by atoms with Gasteiger partial charge >= 0.3 is 0 Å². The number of benzene rings is 1. The van der Waals surface area contributed by atoms with Gasteiger partial charge in [-0.1, -0.05) is 30.8 Å². The molecule has 1 aromatic rings. The largest absolute Gasteiger partial charge is 0.497 e. The molecule has 0 bridgehead atoms. The number of methoxy groups -OCH3 is 2. The van der Waals surface area contributed by atoms with Crippen molar-refractivity contribution in [3.63, 3.8) is 0 Å². The van der Waals surface area contributed by atoms with Gasteiger partial charge in [-0.05, 0) is 5.56 Å². The standard InChI is InChI=1S/C11H14O2/c1-9(13-3)11-7-5-4-6-10(11)8-12-2/h4-7H,1,8H2,2-3H3. The first-order valence-corrected chi connectivity index (χ1v) is 4.09. The minimum Gasteiger partial charge on any atom is -0.497 e. The molecule has 0 fully saturated rings. The molecule has 0 aromatic heterocycles. The molecule has 0 aliphatic heterocycles. The van der Waals surface area contributed by atoms with E-state index in [2.05, 4.69) is 6.58 Å². The minimum atomic E-state index is 0.582. The van der Waals surface area contributed by atoms with Gasteiger partial charge in [0.1, 0.15) is 5.76 Å². The lowest BCUT2D eigenvalue weighted by Crippen LogP contribution is -1.95. The molecule has 0 N–H and O–H groups in total. The Labute approximate surface area is 78.8 Å². The van der Waals surface area contributed by atoms with Crippen molar-refractivity contribution in [2.75, 3.05) is 14.2 Å². The van der Waals surface area contributed by atoms with Gasteiger partial charge in [0, 0.05) is 12.7 Å². The number of rotatable bonds is 4. The Morgan fingerprint density at radius 3 is 2.62 bits per heavy atom. The second kappa shape index (κ2) is 4.67. The van der Waals surface area contributed by atoms with Gasteiger partial charge in [0.2, 0.25) is 0 Å². The van der Waals surface area contributed by atoms with Crippen molar-refractivity contribution in [2.24, 2.45) is 0 Å². The van der Waals surface area contributed by atoms with E-state index in [1.54, 1.807) is 14.2 Å². The van der Waals surface area contributed by atoms with Gasteiger partial charge in [0.15, 0.2) is 0 Å². The van der Waals surface area contributed by atoms with Crippen LogP contribution >= 0.6 is 0 Å². The fraction of sp³-hybridized carbons (Fsp3) is 0.273. The zero-order valence-corrected chi connectivity index (χ0v) is 8.04. The summed E-state index contributed by atoms with van der Waals surface area (Å²) in [6, 6.07) is 7.91. The maximum Gasteiger partial charge on any atom is 0.119 e. The molecule has 0 spiro atoms. The average Bonchev–Trinajstić information content (AvgIpc) is 2.18. The third-order valence-electron chi connectivity index (χ3n) is 1.86. The fourth-order valence-electron chi connectivity index (χ4n) is 1.18. The highest BCUT2D eigenvalue weighted by Crippen LogP contribution is 2.18. The first-order valence-electron chi connectivity index (χ1n) is 4.09. The topological polar surface area (TPSA) is 18.5 Å². The predicted octanol–water partition coefficient (Wildman–Crippen LogP) is 2.45. The monoisotopic (exact) mass is 178 g/mol. The molecule has 1 rings (SSSR count). The van der Waals surface area contributed by atoms with Crippen molar-refractivity contribution >= 4 is 5.76 Å². The molecule has 0 atom stereocenters. The SMILES string of the molecule is C=C(OC)c1ccccc1COC. The predicted molar refractivity (Wildman–Crippen MR) is 53.2 cm³/mol. The van der Waals surface area contributed by atoms with Crippen LogP contribution in [0.3, 0.4) is 0 Å². The maximum atomic E-state index is 5.07. The summed E-state index contributed by atoms with van der Waals surface area (Å²) in [6.07, 6.45) is 0. The molecule has 0 radical (unpaired) electrons. The van der Waals surface area contributed by atoms with E-state index in [-0.39, 0.29) is 0 Å². The molecule has 0 amide bonds. The van der Waals surface area contributed by atoms with Gasteiger partial charge in [0.05, 0.1) is 13.7 Å². The zero-order valence-electron chi connectivity index (χ0n) is 8.04. The van der Waals surface area contributed by atoms with Gasteiger partial charge in [-0.15, -0.1) is 0 Å². The van der Waals surface area contributed by atoms with Crippen LogP contribution in [0.5, 0.6) is 0 Å². The van der Waals surface area contributed by atoms with Crippen molar-refractivity contribution in [1.29, 1.82) is 0 Å². The summed E-state index contributed by atoms with van der Waals surface area (Å²) in [5.74, 6) is 0.674. The van der Waals surface area contributed by atoms with Crippen LogP contribution in [0.2, 0.25) is 0 Å². The van der Waals surface area contributed by atoms with Crippen molar-refractivity contribution in [3.8, 4) is 0 Å². The van der Waals surface area contributed by atoms with Crippen molar-refractivity contribution < 1.29 is 9.47 Å². The number of hydrogen-bond acceptors (Lipinski definition) is 2. The molecule has 0 unspecified atom stereocenters. The molecular weight excluding hydrogens is 164 g/mol. The fourth-order valence-corrected chi connectivity index (χ4v) is 1.18. The van der Waals surface area contributed by atoms with Crippen LogP contribution in [-0.4, -0.2) is 14.2 Å². The summed E-state index contributed by atoms with van der Waals surface area (Å²) in [5, 5.41) is 0. The lowest BCUT2D eigenvalue weighted by atomic mass is 10.1. The Balaban J connectivity index is 2.97. The van der Waals surface area contributed by atoms with Crippen LogP contribution in [-0.2, 0) is 16.1 Å². The van der Waals surface area contributed by atoms with E-state index in [1.807, 2.05) is 24.3 Å². The number of ether oxygens (including phenoxy) is 2. The van der Waals surface area contributed by atoms with E-state index >= 15 is 0 Å². The Morgan fingerprint density at radius 2 is 2.00 bits per heavy atom. The van der Waals surface area contributed by atoms with Gasteiger partial charge in [-0.3, -0.25) is 0 Å². The summed E-state index contributed by atoms with van der Waals surface area (Å²) < 4.78 is 10.1. The van der Waals surface area contributed by atoms with E-state index in [4.69, 9.17) is 9.47 Å². The van der Waals surface area contributed by atoms with Crippen LogP contribution in [0.15, 0.2) is 30.8 Å². The summed E-state index contributed by atoms with van der Waals surface area (Å²) in [4.78, 5) is 0. The lowest BCUT2D eigenvalue weighted by molar-refractivity contribution is 0.184. The van der Waals surface area contributed by atoms with E-state index in [0.717, 1.165) is 11.1 Å². The van der Waals surface area contributed by atoms with Crippen molar-refractivity contribution in [3.05, 3.63) is 42.0 Å². The van der Waals surface area contributed by atoms with Gasteiger partial charge in [-0.25, -0.2) is 0 Å². The van der Waals surface area contributed by atoms with E-state index in [0.29, 0.717) is 12.4 Å². The first kappa shape index (κ1) is 9.81. The molecule has 70 valence electrons. The second-order valence-corrected chi connectivity index (χ2v) is 2.72. The maximum absolute atomic E-state index is 5.07. The van der Waals surface area contributed by atoms with E-state index in [1.165, 1.54) is 0 Å². The van der Waals surface area contributed by atoms with Crippen LogP contribution in [0.1, 0.15) is 11.1 Å². The molecule has 1 aromatic carbocycles. The third-order valence-corrected chi connectivity index (χ3v) is 1.86. The molecule has 0 saturated heterocycles. The first-order chi connectivity index (χ1) is 6.29. The molecule has 0 aliphatic rings. The summed E-state index contributed by atoms with van der Waals surface area (Å²) in [6.45, 7) is 4.39. The molecule has 0 saturated carbocycles. The summed E-state index contributed by atoms with van der Waals surface area (Å²) in [5.41, 5.74) is 2.10. The second-order valence-electron chi connectivity index (χ2n) is 2.72. The normalized spacial score (nSPS) is 9.69. The average molecular weight is 178 g/mol. The Hall–Kier alpha value is -1.28. The van der Waals surface area contributed by atoms with Crippen LogP contribution in [0, 0.1) is 0 Å². The zero-order chi connectivity index (χ0) is 9.68. The minimum absolute atomic E-state index is 0.582. The molecule has 13 heavy (non-hydrogen) atoms. The van der Waals surface area contributed by atoms with Crippen LogP contribution in [0.25, 0.3) is 5.76 Å². The number of hydrogen-bond donors (Lipinski definition) is 0. The smallest absolute Gasteiger partial charge is 0.119 e. The Morgan fingerprint density at radius 1 is 1.31 bits per heavy atom. The van der Waals surface area contributed by atoms with E-state index in [9.17, 15) is 0 Å². The molecule has 2 nitrogen and oxygen atoms in total. The lowest BCUT2D eigenvalue weighted by Gasteiger charge is -2.09. The Kier molecular flexibility index (Phi) is 3.53. The quantitative estimate of drug-likeness (QED) is 0.659. The van der Waals surface area contributed by atoms with Crippen molar-refractivity contribution in [2.45, 2.75) is 6.61 Å². The van der Waals surface area contributed by atoms with E-state index < -0.39 is 0 Å². The van der Waals surface area contributed by atoms with Crippen molar-refractivity contribution in [1.82, 2.24) is 0 Å². The van der Waals surface area contributed by atoms with Crippen LogP contribution in [0.4, 0.5) is 0 Å². The molecule has 0 aliphatic carbocycles. The van der Waals surface area contributed by atoms with Gasteiger partial charge in [0.25, 0.3) is 0 Å². The molecular formula is C11H14O2. The summed E-state index contributed by atoms with van der Waals surface area (Å²) >= 11 is 0. The molecule has 0 heterocycles. The van der Waals surface area contributed by atoms with Crippen LogP contribution < -0.4 is 0 Å². The summed E-state index contributed by atoms with van der Waals surface area (Å²) in [7, 11) is 3.29. The highest BCUT2D eigenvalue weighted by Gasteiger charge is 2.04.